The molecule has 0 atom stereocenters. The number of aryl methyl sites for hydroxylation is 1. The van der Waals surface area contributed by atoms with Crippen LogP contribution in [0.1, 0.15) is 38.4 Å². The molecule has 0 bridgehead atoms. The second-order valence-electron chi connectivity index (χ2n) is 7.64. The highest BCUT2D eigenvalue weighted by Gasteiger charge is 2.14. The topological polar surface area (TPSA) is 87.6 Å². The molecule has 0 aliphatic heterocycles. The van der Waals surface area contributed by atoms with E-state index in [1.165, 1.54) is 0 Å². The van der Waals surface area contributed by atoms with Crippen LogP contribution in [0.15, 0.2) is 47.5 Å². The van der Waals surface area contributed by atoms with E-state index < -0.39 is 0 Å². The normalized spacial score (nSPS) is 11.7. The maximum Gasteiger partial charge on any atom is 0.227 e. The monoisotopic (exact) mass is 397 g/mol. The summed E-state index contributed by atoms with van der Waals surface area (Å²) in [6.07, 6.45) is 0.306. The molecule has 1 aromatic heterocycles. The number of aliphatic imine (C=N–C) groups is 1. The first-order valence-corrected chi connectivity index (χ1v) is 9.72. The highest BCUT2D eigenvalue weighted by atomic mass is 16.5. The Hall–Kier alpha value is -3.09. The van der Waals surface area contributed by atoms with Crippen molar-refractivity contribution < 1.29 is 9.53 Å². The van der Waals surface area contributed by atoms with Gasteiger partial charge in [-0.3, -0.25) is 9.79 Å². The van der Waals surface area contributed by atoms with Gasteiger partial charge in [0.15, 0.2) is 5.96 Å². The van der Waals surface area contributed by atoms with Crippen LogP contribution in [0.4, 0.5) is 5.82 Å². The minimum atomic E-state index is -0.268. The maximum absolute atomic E-state index is 12.1. The number of anilines is 1. The molecule has 1 aromatic carbocycles. The fourth-order valence-electron chi connectivity index (χ4n) is 2.59. The third kappa shape index (κ3) is 8.21. The summed E-state index contributed by atoms with van der Waals surface area (Å²) in [6, 6.07) is 13.4. The van der Waals surface area contributed by atoms with Crippen LogP contribution in [0.3, 0.4) is 0 Å². The lowest BCUT2D eigenvalue weighted by Crippen LogP contribution is -2.38. The molecule has 0 saturated heterocycles. The molecule has 0 aliphatic carbocycles. The number of para-hydroxylation sites is 1. The first-order valence-electron chi connectivity index (χ1n) is 9.72. The molecule has 0 saturated carbocycles. The Morgan fingerprint density at radius 2 is 1.86 bits per heavy atom. The van der Waals surface area contributed by atoms with Gasteiger partial charge in [-0.15, -0.1) is 0 Å². The van der Waals surface area contributed by atoms with Crippen molar-refractivity contribution in [3.8, 4) is 5.75 Å². The fraction of sp³-hybridized carbons (Fsp3) is 0.409. The van der Waals surface area contributed by atoms with Crippen LogP contribution in [0.25, 0.3) is 0 Å². The van der Waals surface area contributed by atoms with Crippen molar-refractivity contribution in [2.24, 2.45) is 4.99 Å². The predicted octanol–water partition coefficient (Wildman–Crippen LogP) is 3.26. The van der Waals surface area contributed by atoms with Crippen LogP contribution in [0.2, 0.25) is 0 Å². The molecule has 2 rings (SSSR count). The molecule has 0 aliphatic rings. The van der Waals surface area contributed by atoms with Gasteiger partial charge in [0.05, 0.1) is 0 Å². The van der Waals surface area contributed by atoms with Crippen molar-refractivity contribution in [2.45, 2.75) is 46.3 Å². The lowest BCUT2D eigenvalue weighted by Gasteiger charge is -2.23. The second-order valence-corrected chi connectivity index (χ2v) is 7.64. The Kier molecular flexibility index (Phi) is 8.00. The predicted molar refractivity (Wildman–Crippen MR) is 117 cm³/mol. The molecular formula is C22H31N5O2. The summed E-state index contributed by atoms with van der Waals surface area (Å²) >= 11 is 0. The smallest absolute Gasteiger partial charge is 0.227 e. The van der Waals surface area contributed by atoms with E-state index in [2.05, 4.69) is 25.9 Å². The minimum absolute atomic E-state index is 0.102. The van der Waals surface area contributed by atoms with Gasteiger partial charge in [-0.2, -0.15) is 0 Å². The Balaban J connectivity index is 1.81. The van der Waals surface area contributed by atoms with E-state index >= 15 is 0 Å². The van der Waals surface area contributed by atoms with Gasteiger partial charge in [-0.05, 0) is 45.9 Å². The van der Waals surface area contributed by atoms with Gasteiger partial charge in [-0.25, -0.2) is 4.98 Å². The molecule has 0 fully saturated rings. The molecule has 156 valence electrons. The molecule has 1 amide bonds. The Morgan fingerprint density at radius 3 is 2.55 bits per heavy atom. The summed E-state index contributed by atoms with van der Waals surface area (Å²) in [5, 5.41) is 9.20. The average Bonchev–Trinajstić information content (AvgIpc) is 2.64. The zero-order chi connectivity index (χ0) is 21.3. The number of carbonyl (C=O) groups is 1. The Labute approximate surface area is 173 Å². The largest absolute Gasteiger partial charge is 0.488 e. The van der Waals surface area contributed by atoms with Gasteiger partial charge in [0.25, 0.3) is 0 Å². The number of amides is 1. The highest BCUT2D eigenvalue weighted by Crippen LogP contribution is 2.22. The molecule has 29 heavy (non-hydrogen) atoms. The summed E-state index contributed by atoms with van der Waals surface area (Å²) in [5.74, 6) is 1.92. The summed E-state index contributed by atoms with van der Waals surface area (Å²) in [5.41, 5.74) is 1.63. The van der Waals surface area contributed by atoms with Gasteiger partial charge in [0, 0.05) is 37.8 Å². The van der Waals surface area contributed by atoms with Crippen LogP contribution >= 0.6 is 0 Å². The molecule has 2 aromatic rings. The first-order chi connectivity index (χ1) is 13.8. The lowest BCUT2D eigenvalue weighted by molar-refractivity contribution is -0.116. The number of rotatable bonds is 7. The summed E-state index contributed by atoms with van der Waals surface area (Å²) < 4.78 is 6.02. The van der Waals surface area contributed by atoms with Crippen LogP contribution in [-0.4, -0.2) is 36.0 Å². The SMILES string of the molecule is CN=C(NCCC(=O)Nc1cccc(C)n1)NCc1ccccc1OC(C)(C)C. The molecule has 3 N–H and O–H groups in total. The standard InChI is InChI=1S/C22H31N5O2/c1-16-9-8-12-19(26-16)27-20(28)13-14-24-21(23-5)25-15-17-10-6-7-11-18(17)29-22(2,3)4/h6-12H,13-15H2,1-5H3,(H2,23,24,25)(H,26,27,28). The third-order valence-corrected chi connectivity index (χ3v) is 3.86. The summed E-state index contributed by atoms with van der Waals surface area (Å²) in [6.45, 7) is 8.97. The van der Waals surface area contributed by atoms with Gasteiger partial charge in [0.1, 0.15) is 17.2 Å². The van der Waals surface area contributed by atoms with E-state index in [1.807, 2.05) is 64.1 Å². The van der Waals surface area contributed by atoms with Crippen molar-refractivity contribution in [3.63, 3.8) is 0 Å². The number of aromatic nitrogens is 1. The average molecular weight is 398 g/mol. The Morgan fingerprint density at radius 1 is 1.10 bits per heavy atom. The third-order valence-electron chi connectivity index (χ3n) is 3.86. The molecule has 0 spiro atoms. The van der Waals surface area contributed by atoms with Crippen molar-refractivity contribution in [2.75, 3.05) is 18.9 Å². The molecule has 7 nitrogen and oxygen atoms in total. The quantitative estimate of drug-likeness (QED) is 0.493. The van der Waals surface area contributed by atoms with E-state index in [1.54, 1.807) is 13.1 Å². The maximum atomic E-state index is 12.1. The van der Waals surface area contributed by atoms with Crippen molar-refractivity contribution in [1.29, 1.82) is 0 Å². The van der Waals surface area contributed by atoms with E-state index in [0.29, 0.717) is 31.3 Å². The number of guanidine groups is 1. The van der Waals surface area contributed by atoms with Gasteiger partial charge in [-0.1, -0.05) is 24.3 Å². The van der Waals surface area contributed by atoms with Crippen LogP contribution in [-0.2, 0) is 11.3 Å². The van der Waals surface area contributed by atoms with Crippen molar-refractivity contribution in [3.05, 3.63) is 53.7 Å². The summed E-state index contributed by atoms with van der Waals surface area (Å²) in [4.78, 5) is 20.6. The number of pyridine rings is 1. The highest BCUT2D eigenvalue weighted by molar-refractivity contribution is 5.90. The van der Waals surface area contributed by atoms with Crippen LogP contribution in [0, 0.1) is 6.92 Å². The van der Waals surface area contributed by atoms with E-state index in [4.69, 9.17) is 4.74 Å². The lowest BCUT2D eigenvalue weighted by atomic mass is 10.1. The second kappa shape index (κ2) is 10.5. The van der Waals surface area contributed by atoms with E-state index in [-0.39, 0.29) is 11.5 Å². The van der Waals surface area contributed by atoms with Gasteiger partial charge < -0.3 is 20.7 Å². The molecule has 7 heteroatoms. The number of benzene rings is 1. The van der Waals surface area contributed by atoms with Crippen LogP contribution in [0.5, 0.6) is 5.75 Å². The fourth-order valence-corrected chi connectivity index (χ4v) is 2.59. The number of hydrogen-bond donors (Lipinski definition) is 3. The molecule has 0 radical (unpaired) electrons. The van der Waals surface area contributed by atoms with E-state index in [0.717, 1.165) is 17.0 Å². The number of hydrogen-bond acceptors (Lipinski definition) is 4. The number of nitrogens with one attached hydrogen (secondary N) is 3. The summed E-state index contributed by atoms with van der Waals surface area (Å²) in [7, 11) is 1.70. The van der Waals surface area contributed by atoms with Crippen LogP contribution < -0.4 is 20.7 Å². The number of nitrogens with zero attached hydrogens (tertiary/aromatic N) is 2. The van der Waals surface area contributed by atoms with Gasteiger partial charge >= 0.3 is 0 Å². The molecule has 1 heterocycles. The molecule has 0 unspecified atom stereocenters. The van der Waals surface area contributed by atoms with Gasteiger partial charge in [0.2, 0.25) is 5.91 Å². The van der Waals surface area contributed by atoms with Crippen molar-refractivity contribution >= 4 is 17.7 Å². The number of carbonyl (C=O) groups excluding carboxylic acids is 1. The zero-order valence-corrected chi connectivity index (χ0v) is 17.9. The zero-order valence-electron chi connectivity index (χ0n) is 17.9. The first kappa shape index (κ1) is 22.2. The minimum Gasteiger partial charge on any atom is -0.488 e. The van der Waals surface area contributed by atoms with Crippen molar-refractivity contribution in [1.82, 2.24) is 15.6 Å². The molecular weight excluding hydrogens is 366 g/mol. The Bertz CT molecular complexity index is 843. The van der Waals surface area contributed by atoms with E-state index in [9.17, 15) is 4.79 Å². The number of ether oxygens (including phenoxy) is 1.